The molecule has 0 amide bonds. The van der Waals surface area contributed by atoms with E-state index in [4.69, 9.17) is 4.74 Å². The SMILES string of the molecule is COc1ccc(C2=C[C@H](c3ccccc3)[C@H]3CCCC[C@@]34Nc3ccccc3N24)cc1. The van der Waals surface area contributed by atoms with Crippen LogP contribution >= 0.6 is 0 Å². The summed E-state index contributed by atoms with van der Waals surface area (Å²) in [7, 11) is 1.72. The van der Waals surface area contributed by atoms with Crippen molar-refractivity contribution in [3.8, 4) is 5.75 Å². The highest BCUT2D eigenvalue weighted by atomic mass is 16.5. The molecule has 1 aliphatic carbocycles. The molecule has 0 unspecified atom stereocenters. The van der Waals surface area contributed by atoms with E-state index in [9.17, 15) is 0 Å². The average Bonchev–Trinajstić information content (AvgIpc) is 3.17. The number of allylic oxidation sites excluding steroid dienone is 1. The van der Waals surface area contributed by atoms with Gasteiger partial charge in [-0.3, -0.25) is 0 Å². The van der Waals surface area contributed by atoms with E-state index in [0.29, 0.717) is 11.8 Å². The van der Waals surface area contributed by atoms with Gasteiger partial charge in [-0.25, -0.2) is 0 Å². The maximum Gasteiger partial charge on any atom is 0.119 e. The number of nitrogens with zero attached hydrogens (tertiary/aromatic N) is 1. The Hall–Kier alpha value is -3.20. The molecule has 2 aliphatic heterocycles. The van der Waals surface area contributed by atoms with Crippen molar-refractivity contribution in [3.05, 3.63) is 96.1 Å². The van der Waals surface area contributed by atoms with Crippen molar-refractivity contribution in [1.82, 2.24) is 0 Å². The molecule has 0 radical (unpaired) electrons. The standard InChI is InChI=1S/C28H28N2O/c1-31-22-16-14-21(15-17-22)27-19-23(20-9-3-2-4-10-20)24-11-7-8-18-28(24)29-25-12-5-6-13-26(25)30(27)28/h2-6,9-10,12-17,19,23-24,29H,7-8,11,18H2,1H3/t23-,24-,28+/m1/s1. The summed E-state index contributed by atoms with van der Waals surface area (Å²) in [6, 6.07) is 28.4. The second-order valence-corrected chi connectivity index (χ2v) is 8.97. The fraction of sp³-hybridized carbons (Fsp3) is 0.286. The van der Waals surface area contributed by atoms with Crippen LogP contribution in [0.3, 0.4) is 0 Å². The van der Waals surface area contributed by atoms with Gasteiger partial charge in [-0.15, -0.1) is 0 Å². The zero-order valence-corrected chi connectivity index (χ0v) is 17.9. The van der Waals surface area contributed by atoms with E-state index in [1.165, 1.54) is 47.5 Å². The Kier molecular flexibility index (Phi) is 4.31. The van der Waals surface area contributed by atoms with Crippen LogP contribution < -0.4 is 15.0 Å². The highest BCUT2D eigenvalue weighted by Gasteiger charge is 2.56. The van der Waals surface area contributed by atoms with Crippen LogP contribution in [0.2, 0.25) is 0 Å². The molecule has 3 atom stereocenters. The zero-order valence-electron chi connectivity index (χ0n) is 17.9. The Balaban J connectivity index is 1.58. The van der Waals surface area contributed by atoms with E-state index in [1.807, 2.05) is 0 Å². The monoisotopic (exact) mass is 408 g/mol. The van der Waals surface area contributed by atoms with Gasteiger partial charge < -0.3 is 15.0 Å². The summed E-state index contributed by atoms with van der Waals surface area (Å²) in [6.07, 6.45) is 7.47. The van der Waals surface area contributed by atoms with Crippen molar-refractivity contribution < 1.29 is 4.74 Å². The van der Waals surface area contributed by atoms with Gasteiger partial charge >= 0.3 is 0 Å². The summed E-state index contributed by atoms with van der Waals surface area (Å²) >= 11 is 0. The number of hydrogen-bond donors (Lipinski definition) is 1. The molecule has 3 nitrogen and oxygen atoms in total. The molecule has 1 spiro atoms. The van der Waals surface area contributed by atoms with E-state index in [2.05, 4.69) is 95.2 Å². The molecule has 31 heavy (non-hydrogen) atoms. The fourth-order valence-corrected chi connectivity index (χ4v) is 6.07. The van der Waals surface area contributed by atoms with Gasteiger partial charge in [0, 0.05) is 17.5 Å². The molecule has 6 rings (SSSR count). The average molecular weight is 409 g/mol. The number of rotatable bonds is 3. The van der Waals surface area contributed by atoms with Crippen molar-refractivity contribution in [2.24, 2.45) is 5.92 Å². The molecule has 3 aromatic carbocycles. The van der Waals surface area contributed by atoms with E-state index >= 15 is 0 Å². The number of benzene rings is 3. The minimum absolute atomic E-state index is 0.0769. The van der Waals surface area contributed by atoms with E-state index in [1.54, 1.807) is 7.11 Å². The molecular formula is C28H28N2O. The van der Waals surface area contributed by atoms with Crippen LogP contribution in [0, 0.1) is 5.92 Å². The first kappa shape index (κ1) is 18.6. The predicted octanol–water partition coefficient (Wildman–Crippen LogP) is 6.65. The van der Waals surface area contributed by atoms with Crippen LogP contribution in [0.1, 0.15) is 42.7 Å². The van der Waals surface area contributed by atoms with Gasteiger partial charge in [0.05, 0.1) is 18.5 Å². The number of para-hydroxylation sites is 2. The van der Waals surface area contributed by atoms with Crippen molar-refractivity contribution in [2.75, 3.05) is 17.3 Å². The van der Waals surface area contributed by atoms with E-state index in [0.717, 1.165) is 12.2 Å². The van der Waals surface area contributed by atoms with Crippen LogP contribution in [0.25, 0.3) is 5.70 Å². The van der Waals surface area contributed by atoms with Gasteiger partial charge in [0.2, 0.25) is 0 Å². The van der Waals surface area contributed by atoms with E-state index in [-0.39, 0.29) is 5.66 Å². The van der Waals surface area contributed by atoms with Gasteiger partial charge in [0.15, 0.2) is 0 Å². The minimum atomic E-state index is -0.0769. The van der Waals surface area contributed by atoms with Gasteiger partial charge in [-0.05, 0) is 66.8 Å². The topological polar surface area (TPSA) is 24.5 Å². The first-order valence-electron chi connectivity index (χ1n) is 11.4. The Morgan fingerprint density at radius 1 is 0.903 bits per heavy atom. The third-order valence-electron chi connectivity index (χ3n) is 7.41. The highest BCUT2D eigenvalue weighted by Crippen LogP contribution is 2.58. The van der Waals surface area contributed by atoms with Crippen LogP contribution in [0.15, 0.2) is 84.9 Å². The number of nitrogens with one attached hydrogen (secondary N) is 1. The van der Waals surface area contributed by atoms with Crippen LogP contribution in [-0.4, -0.2) is 12.8 Å². The lowest BCUT2D eigenvalue weighted by molar-refractivity contribution is 0.198. The van der Waals surface area contributed by atoms with Gasteiger partial charge in [0.25, 0.3) is 0 Å². The summed E-state index contributed by atoms with van der Waals surface area (Å²) < 4.78 is 5.43. The minimum Gasteiger partial charge on any atom is -0.497 e. The Morgan fingerprint density at radius 2 is 1.68 bits per heavy atom. The smallest absolute Gasteiger partial charge is 0.119 e. The number of hydrogen-bond acceptors (Lipinski definition) is 3. The Bertz CT molecular complexity index is 1120. The van der Waals surface area contributed by atoms with Crippen molar-refractivity contribution in [3.63, 3.8) is 0 Å². The van der Waals surface area contributed by atoms with Crippen LogP contribution in [-0.2, 0) is 0 Å². The molecule has 0 aromatic heterocycles. The Morgan fingerprint density at radius 3 is 2.48 bits per heavy atom. The summed E-state index contributed by atoms with van der Waals surface area (Å²) in [4.78, 5) is 2.62. The van der Waals surface area contributed by atoms with Crippen molar-refractivity contribution in [2.45, 2.75) is 37.3 Å². The third kappa shape index (κ3) is 2.79. The lowest BCUT2D eigenvalue weighted by Crippen LogP contribution is -2.60. The molecule has 3 heteroatoms. The molecule has 156 valence electrons. The lowest BCUT2D eigenvalue weighted by Gasteiger charge is -2.54. The maximum absolute atomic E-state index is 5.43. The summed E-state index contributed by atoms with van der Waals surface area (Å²) in [6.45, 7) is 0. The molecular weight excluding hydrogens is 380 g/mol. The molecule has 1 saturated carbocycles. The third-order valence-corrected chi connectivity index (χ3v) is 7.41. The zero-order chi connectivity index (χ0) is 20.8. The molecule has 1 fully saturated rings. The fourth-order valence-electron chi connectivity index (χ4n) is 6.07. The number of methoxy groups -OCH3 is 1. The molecule has 2 heterocycles. The van der Waals surface area contributed by atoms with Crippen molar-refractivity contribution >= 4 is 17.1 Å². The molecule has 3 aromatic rings. The van der Waals surface area contributed by atoms with Crippen molar-refractivity contribution in [1.29, 1.82) is 0 Å². The van der Waals surface area contributed by atoms with Crippen LogP contribution in [0.5, 0.6) is 5.75 Å². The molecule has 1 N–H and O–H groups in total. The second kappa shape index (κ2) is 7.19. The highest BCUT2D eigenvalue weighted by molar-refractivity contribution is 5.93. The largest absolute Gasteiger partial charge is 0.497 e. The van der Waals surface area contributed by atoms with Gasteiger partial charge in [0.1, 0.15) is 11.4 Å². The molecule has 3 aliphatic rings. The van der Waals surface area contributed by atoms with Gasteiger partial charge in [-0.1, -0.05) is 55.0 Å². The number of fused-ring (bicyclic) bond motifs is 2. The second-order valence-electron chi connectivity index (χ2n) is 8.97. The summed E-state index contributed by atoms with van der Waals surface area (Å²) in [5.74, 6) is 1.81. The normalized spacial score (nSPS) is 26.2. The predicted molar refractivity (Wildman–Crippen MR) is 127 cm³/mol. The van der Waals surface area contributed by atoms with E-state index < -0.39 is 0 Å². The molecule has 0 bridgehead atoms. The summed E-state index contributed by atoms with van der Waals surface area (Å²) in [5.41, 5.74) is 6.42. The van der Waals surface area contributed by atoms with Crippen LogP contribution in [0.4, 0.5) is 11.4 Å². The first-order chi connectivity index (χ1) is 15.3. The lowest BCUT2D eigenvalue weighted by atomic mass is 9.66. The molecule has 0 saturated heterocycles. The summed E-state index contributed by atoms with van der Waals surface area (Å²) in [5, 5.41) is 4.03. The van der Waals surface area contributed by atoms with Gasteiger partial charge in [-0.2, -0.15) is 0 Å². The quantitative estimate of drug-likeness (QED) is 0.525. The Labute approximate surface area is 184 Å². The maximum atomic E-state index is 5.43. The number of anilines is 2. The number of ether oxygens (including phenoxy) is 1. The first-order valence-corrected chi connectivity index (χ1v) is 11.4.